The Balaban J connectivity index is 1.38. The van der Waals surface area contributed by atoms with Crippen molar-refractivity contribution >= 4 is 56.7 Å². The number of anilines is 2. The third-order valence-electron chi connectivity index (χ3n) is 5.51. The zero-order valence-electron chi connectivity index (χ0n) is 17.4. The standard InChI is InChI=1S/C28H22N4/c29-25-13-15-27(23-7-3-1-5-21(23)25)31-17-19-9-11-20(12-10-19)18-32-28-16-14-26(30)22-6-2-4-8-24(22)28/h1-18H,29-30H2. The fourth-order valence-electron chi connectivity index (χ4n) is 3.79. The lowest BCUT2D eigenvalue weighted by atomic mass is 10.1. The van der Waals surface area contributed by atoms with Crippen LogP contribution in [0.5, 0.6) is 0 Å². The van der Waals surface area contributed by atoms with Crippen molar-refractivity contribution in [3.05, 3.63) is 108 Å². The number of fused-ring (bicyclic) bond motifs is 2. The molecule has 4 N–H and O–H groups in total. The molecule has 32 heavy (non-hydrogen) atoms. The van der Waals surface area contributed by atoms with Gasteiger partial charge in [0.1, 0.15) is 0 Å². The Morgan fingerprint density at radius 2 is 0.812 bits per heavy atom. The van der Waals surface area contributed by atoms with Gasteiger partial charge in [-0.05, 0) is 35.4 Å². The van der Waals surface area contributed by atoms with Crippen molar-refractivity contribution in [3.8, 4) is 0 Å². The van der Waals surface area contributed by atoms with E-state index in [9.17, 15) is 0 Å². The maximum atomic E-state index is 6.09. The molecule has 5 aromatic carbocycles. The van der Waals surface area contributed by atoms with Crippen LogP contribution in [-0.2, 0) is 0 Å². The highest BCUT2D eigenvalue weighted by atomic mass is 14.7. The first-order valence-electron chi connectivity index (χ1n) is 10.4. The van der Waals surface area contributed by atoms with Crippen molar-refractivity contribution in [2.24, 2.45) is 9.98 Å². The summed E-state index contributed by atoms with van der Waals surface area (Å²) in [6, 6.07) is 31.9. The van der Waals surface area contributed by atoms with E-state index in [0.717, 1.165) is 55.4 Å². The largest absolute Gasteiger partial charge is 0.398 e. The van der Waals surface area contributed by atoms with Crippen LogP contribution < -0.4 is 11.5 Å². The lowest BCUT2D eigenvalue weighted by Gasteiger charge is -2.05. The summed E-state index contributed by atoms with van der Waals surface area (Å²) in [5.41, 5.74) is 17.5. The number of rotatable bonds is 4. The summed E-state index contributed by atoms with van der Waals surface area (Å²) in [5.74, 6) is 0. The summed E-state index contributed by atoms with van der Waals surface area (Å²) in [6.45, 7) is 0. The average Bonchev–Trinajstić information content (AvgIpc) is 2.84. The molecule has 0 saturated heterocycles. The van der Waals surface area contributed by atoms with E-state index >= 15 is 0 Å². The van der Waals surface area contributed by atoms with Crippen molar-refractivity contribution in [1.29, 1.82) is 0 Å². The zero-order valence-corrected chi connectivity index (χ0v) is 17.4. The first-order chi connectivity index (χ1) is 15.7. The van der Waals surface area contributed by atoms with E-state index < -0.39 is 0 Å². The SMILES string of the molecule is Nc1ccc(N=Cc2ccc(C=Nc3ccc(N)c4ccccc34)cc2)c2ccccc12. The quantitative estimate of drug-likeness (QED) is 0.255. The predicted octanol–water partition coefficient (Wildman–Crippen LogP) is 6.66. The van der Waals surface area contributed by atoms with E-state index in [0.29, 0.717) is 0 Å². The maximum Gasteiger partial charge on any atom is 0.0709 e. The molecule has 0 amide bonds. The molecule has 0 fully saturated rings. The van der Waals surface area contributed by atoms with Gasteiger partial charge in [-0.3, -0.25) is 9.98 Å². The molecule has 154 valence electrons. The summed E-state index contributed by atoms with van der Waals surface area (Å²) in [4.78, 5) is 9.37. The normalized spacial score (nSPS) is 11.8. The van der Waals surface area contributed by atoms with Gasteiger partial charge in [0.15, 0.2) is 0 Å². The summed E-state index contributed by atoms with van der Waals surface area (Å²) in [6.07, 6.45) is 3.73. The van der Waals surface area contributed by atoms with E-state index in [2.05, 4.69) is 9.98 Å². The predicted molar refractivity (Wildman–Crippen MR) is 138 cm³/mol. The Labute approximate surface area is 186 Å². The van der Waals surface area contributed by atoms with Crippen molar-refractivity contribution in [1.82, 2.24) is 0 Å². The fraction of sp³-hybridized carbons (Fsp3) is 0. The van der Waals surface area contributed by atoms with E-state index in [1.54, 1.807) is 0 Å². The molecule has 0 aliphatic rings. The zero-order chi connectivity index (χ0) is 21.9. The molecule has 0 radical (unpaired) electrons. The fourth-order valence-corrected chi connectivity index (χ4v) is 3.79. The third kappa shape index (κ3) is 3.82. The van der Waals surface area contributed by atoms with Crippen LogP contribution in [0.25, 0.3) is 21.5 Å². The lowest BCUT2D eigenvalue weighted by molar-refractivity contribution is 1.54. The monoisotopic (exact) mass is 414 g/mol. The summed E-state index contributed by atoms with van der Waals surface area (Å²) in [7, 11) is 0. The van der Waals surface area contributed by atoms with Crippen LogP contribution in [-0.4, -0.2) is 12.4 Å². The van der Waals surface area contributed by atoms with Gasteiger partial charge in [-0.2, -0.15) is 0 Å². The molecular formula is C28H22N4. The van der Waals surface area contributed by atoms with Gasteiger partial charge in [0, 0.05) is 45.3 Å². The molecule has 0 aliphatic carbocycles. The van der Waals surface area contributed by atoms with E-state index in [-0.39, 0.29) is 0 Å². The minimum Gasteiger partial charge on any atom is -0.398 e. The van der Waals surface area contributed by atoms with Gasteiger partial charge in [-0.15, -0.1) is 0 Å². The molecule has 4 heteroatoms. The number of benzene rings is 5. The average molecular weight is 415 g/mol. The Hall–Kier alpha value is -4.44. The van der Waals surface area contributed by atoms with Gasteiger partial charge < -0.3 is 11.5 Å². The first kappa shape index (κ1) is 19.5. The minimum absolute atomic E-state index is 0.761. The Kier molecular flexibility index (Phi) is 5.10. The Morgan fingerprint density at radius 3 is 1.22 bits per heavy atom. The number of nitrogens with zero attached hydrogens (tertiary/aromatic N) is 2. The second kappa shape index (κ2) is 8.36. The van der Waals surface area contributed by atoms with Gasteiger partial charge in [-0.25, -0.2) is 0 Å². The number of nitrogens with two attached hydrogens (primary N) is 2. The molecule has 0 aliphatic heterocycles. The topological polar surface area (TPSA) is 76.8 Å². The minimum atomic E-state index is 0.761. The number of nitrogen functional groups attached to an aromatic ring is 2. The highest BCUT2D eigenvalue weighted by molar-refractivity contribution is 6.02. The van der Waals surface area contributed by atoms with Gasteiger partial charge >= 0.3 is 0 Å². The first-order valence-corrected chi connectivity index (χ1v) is 10.4. The molecule has 0 heterocycles. The summed E-state index contributed by atoms with van der Waals surface area (Å²) < 4.78 is 0. The van der Waals surface area contributed by atoms with Gasteiger partial charge in [0.2, 0.25) is 0 Å². The number of hydrogen-bond acceptors (Lipinski definition) is 4. The number of hydrogen-bond donors (Lipinski definition) is 2. The van der Waals surface area contributed by atoms with E-state index in [4.69, 9.17) is 11.5 Å². The maximum absolute atomic E-state index is 6.09. The van der Waals surface area contributed by atoms with E-state index in [1.165, 1.54) is 0 Å². The van der Waals surface area contributed by atoms with Crippen molar-refractivity contribution in [3.63, 3.8) is 0 Å². The molecule has 0 atom stereocenters. The highest BCUT2D eigenvalue weighted by Crippen LogP contribution is 2.31. The van der Waals surface area contributed by atoms with Crippen LogP contribution in [0.2, 0.25) is 0 Å². The van der Waals surface area contributed by atoms with Crippen molar-refractivity contribution < 1.29 is 0 Å². The molecular weight excluding hydrogens is 392 g/mol. The molecule has 0 unspecified atom stereocenters. The smallest absolute Gasteiger partial charge is 0.0709 e. The van der Waals surface area contributed by atoms with Crippen LogP contribution in [0.1, 0.15) is 11.1 Å². The lowest BCUT2D eigenvalue weighted by Crippen LogP contribution is -1.88. The molecule has 4 nitrogen and oxygen atoms in total. The van der Waals surface area contributed by atoms with Gasteiger partial charge in [0.05, 0.1) is 11.4 Å². The molecule has 0 spiro atoms. The van der Waals surface area contributed by atoms with Crippen LogP contribution in [0.15, 0.2) is 107 Å². The van der Waals surface area contributed by atoms with Crippen LogP contribution in [0, 0.1) is 0 Å². The molecule has 5 rings (SSSR count). The van der Waals surface area contributed by atoms with Crippen LogP contribution >= 0.6 is 0 Å². The molecule has 5 aromatic rings. The highest BCUT2D eigenvalue weighted by Gasteiger charge is 2.03. The second-order valence-electron chi connectivity index (χ2n) is 7.62. The summed E-state index contributed by atoms with van der Waals surface area (Å²) >= 11 is 0. The van der Waals surface area contributed by atoms with E-state index in [1.807, 2.05) is 109 Å². The molecule has 0 saturated carbocycles. The molecule has 0 bridgehead atoms. The van der Waals surface area contributed by atoms with Crippen molar-refractivity contribution in [2.45, 2.75) is 0 Å². The Bertz CT molecular complexity index is 1370. The second-order valence-corrected chi connectivity index (χ2v) is 7.62. The van der Waals surface area contributed by atoms with Gasteiger partial charge in [0.25, 0.3) is 0 Å². The third-order valence-corrected chi connectivity index (χ3v) is 5.51. The summed E-state index contributed by atoms with van der Waals surface area (Å²) in [5, 5.41) is 4.12. The van der Waals surface area contributed by atoms with Crippen LogP contribution in [0.3, 0.4) is 0 Å². The van der Waals surface area contributed by atoms with Gasteiger partial charge in [-0.1, -0.05) is 72.8 Å². The van der Waals surface area contributed by atoms with Crippen molar-refractivity contribution in [2.75, 3.05) is 11.5 Å². The number of aliphatic imine (C=N–C) groups is 2. The molecule has 0 aromatic heterocycles. The Morgan fingerprint density at radius 1 is 0.438 bits per heavy atom. The van der Waals surface area contributed by atoms with Crippen LogP contribution in [0.4, 0.5) is 22.7 Å².